The number of rotatable bonds is 5. The fourth-order valence-electron chi connectivity index (χ4n) is 4.27. The molecule has 0 radical (unpaired) electrons. The summed E-state index contributed by atoms with van der Waals surface area (Å²) >= 11 is 8.53. The average molecular weight is 514 g/mol. The van der Waals surface area contributed by atoms with E-state index in [2.05, 4.69) is 71.8 Å². The number of pyridine rings is 2. The SMILES string of the molecule is ClOCl.Cn1cc(-c2cc(-c3ccc(N4CCN(CCN)CC4)nc3)c3c(C#N)cnn3c2)cn1. The molecular formula is C23H25Cl2N9O. The Morgan fingerprint density at radius 2 is 1.80 bits per heavy atom. The molecule has 10 nitrogen and oxygen atoms in total. The van der Waals surface area contributed by atoms with Crippen LogP contribution < -0.4 is 10.6 Å². The van der Waals surface area contributed by atoms with Crippen LogP contribution in [0.5, 0.6) is 0 Å². The summed E-state index contributed by atoms with van der Waals surface area (Å²) in [5.41, 5.74) is 10.8. The van der Waals surface area contributed by atoms with Gasteiger partial charge in [0.1, 0.15) is 11.9 Å². The monoisotopic (exact) mass is 513 g/mol. The minimum atomic E-state index is 0.540. The molecule has 1 aliphatic heterocycles. The van der Waals surface area contributed by atoms with Gasteiger partial charge in [-0.15, -0.1) is 0 Å². The molecule has 4 aromatic heterocycles. The van der Waals surface area contributed by atoms with Crippen molar-refractivity contribution in [2.75, 3.05) is 44.2 Å². The second-order valence-electron chi connectivity index (χ2n) is 8.09. The predicted octanol–water partition coefficient (Wildman–Crippen LogP) is 3.06. The molecule has 0 bridgehead atoms. The number of hydrogen-bond acceptors (Lipinski definition) is 8. The van der Waals surface area contributed by atoms with Gasteiger partial charge in [0.15, 0.2) is 0 Å². The van der Waals surface area contributed by atoms with Crippen molar-refractivity contribution < 1.29 is 3.84 Å². The molecule has 0 atom stereocenters. The van der Waals surface area contributed by atoms with Crippen molar-refractivity contribution in [2.24, 2.45) is 12.8 Å². The van der Waals surface area contributed by atoms with Crippen LogP contribution in [-0.4, -0.2) is 68.5 Å². The molecule has 5 heterocycles. The molecule has 182 valence electrons. The zero-order valence-corrected chi connectivity index (χ0v) is 20.7. The van der Waals surface area contributed by atoms with E-state index in [1.54, 1.807) is 15.4 Å². The van der Waals surface area contributed by atoms with Gasteiger partial charge in [-0.2, -0.15) is 19.3 Å². The predicted molar refractivity (Wildman–Crippen MR) is 136 cm³/mol. The van der Waals surface area contributed by atoms with Crippen molar-refractivity contribution in [1.29, 1.82) is 5.26 Å². The summed E-state index contributed by atoms with van der Waals surface area (Å²) in [7, 11) is 1.89. The molecule has 0 amide bonds. The lowest BCUT2D eigenvalue weighted by Gasteiger charge is -2.35. The molecule has 12 heteroatoms. The van der Waals surface area contributed by atoms with E-state index in [1.807, 2.05) is 31.8 Å². The van der Waals surface area contributed by atoms with Crippen LogP contribution in [0.15, 0.2) is 49.2 Å². The highest BCUT2D eigenvalue weighted by molar-refractivity contribution is 6.24. The highest BCUT2D eigenvalue weighted by Gasteiger charge is 2.18. The molecule has 0 spiro atoms. The summed E-state index contributed by atoms with van der Waals surface area (Å²) in [5.74, 6) is 0.967. The number of halogens is 2. The molecule has 35 heavy (non-hydrogen) atoms. The first-order chi connectivity index (χ1) is 17.1. The number of aryl methyl sites for hydroxylation is 1. The first kappa shape index (κ1) is 24.9. The fourth-order valence-corrected chi connectivity index (χ4v) is 4.27. The lowest BCUT2D eigenvalue weighted by molar-refractivity contribution is 0.264. The fraction of sp³-hybridized carbons (Fsp3) is 0.304. The normalized spacial score (nSPS) is 14.0. The van der Waals surface area contributed by atoms with Crippen molar-refractivity contribution >= 4 is 35.1 Å². The van der Waals surface area contributed by atoms with E-state index >= 15 is 0 Å². The van der Waals surface area contributed by atoms with E-state index in [0.29, 0.717) is 12.1 Å². The average Bonchev–Trinajstić information content (AvgIpc) is 3.51. The van der Waals surface area contributed by atoms with E-state index in [-0.39, 0.29) is 0 Å². The van der Waals surface area contributed by atoms with Crippen LogP contribution in [0.1, 0.15) is 5.56 Å². The Morgan fingerprint density at radius 3 is 2.40 bits per heavy atom. The van der Waals surface area contributed by atoms with Gasteiger partial charge in [-0.1, -0.05) is 0 Å². The molecule has 1 saturated heterocycles. The molecule has 0 aromatic carbocycles. The van der Waals surface area contributed by atoms with Gasteiger partial charge < -0.3 is 10.6 Å². The second-order valence-corrected chi connectivity index (χ2v) is 8.56. The van der Waals surface area contributed by atoms with Gasteiger partial charge in [0.25, 0.3) is 0 Å². The summed E-state index contributed by atoms with van der Waals surface area (Å²) < 4.78 is 6.73. The summed E-state index contributed by atoms with van der Waals surface area (Å²) in [6, 6.07) is 8.47. The maximum atomic E-state index is 9.61. The van der Waals surface area contributed by atoms with Crippen molar-refractivity contribution in [2.45, 2.75) is 0 Å². The van der Waals surface area contributed by atoms with Crippen LogP contribution in [0, 0.1) is 11.3 Å². The molecule has 0 saturated carbocycles. The number of nitrogens with two attached hydrogens (primary N) is 1. The Hall–Kier alpha value is -3.20. The molecule has 1 aliphatic rings. The summed E-state index contributed by atoms with van der Waals surface area (Å²) in [4.78, 5) is 9.44. The molecule has 0 unspecified atom stereocenters. The van der Waals surface area contributed by atoms with Gasteiger partial charge in [0, 0.05) is 87.2 Å². The Kier molecular flexibility index (Phi) is 8.17. The zero-order chi connectivity index (χ0) is 24.8. The lowest BCUT2D eigenvalue weighted by Crippen LogP contribution is -2.48. The molecule has 4 aromatic rings. The van der Waals surface area contributed by atoms with Gasteiger partial charge in [0.2, 0.25) is 0 Å². The molecule has 5 rings (SSSR count). The number of aromatic nitrogens is 5. The lowest BCUT2D eigenvalue weighted by atomic mass is 10.0. The quantitative estimate of drug-likeness (QED) is 0.433. The molecular weight excluding hydrogens is 489 g/mol. The zero-order valence-electron chi connectivity index (χ0n) is 19.2. The number of nitriles is 1. The highest BCUT2D eigenvalue weighted by atomic mass is 35.6. The van der Waals surface area contributed by atoms with Crippen molar-refractivity contribution in [3.05, 3.63) is 54.7 Å². The van der Waals surface area contributed by atoms with Gasteiger partial charge in [0.05, 0.1) is 47.2 Å². The number of piperazine rings is 1. The summed E-state index contributed by atoms with van der Waals surface area (Å²) in [6.07, 6.45) is 9.21. The Labute approximate surface area is 213 Å². The van der Waals surface area contributed by atoms with E-state index < -0.39 is 0 Å². The summed E-state index contributed by atoms with van der Waals surface area (Å²) in [5, 5.41) is 18.3. The van der Waals surface area contributed by atoms with E-state index in [9.17, 15) is 5.26 Å². The van der Waals surface area contributed by atoms with Gasteiger partial charge in [-0.05, 0) is 18.2 Å². The number of anilines is 1. The largest absolute Gasteiger partial charge is 0.354 e. The highest BCUT2D eigenvalue weighted by Crippen LogP contribution is 2.32. The van der Waals surface area contributed by atoms with Gasteiger partial charge in [-0.3, -0.25) is 9.58 Å². The van der Waals surface area contributed by atoms with Crippen molar-refractivity contribution in [1.82, 2.24) is 29.3 Å². The second kappa shape index (κ2) is 11.5. The van der Waals surface area contributed by atoms with Crippen LogP contribution >= 0.6 is 23.7 Å². The maximum Gasteiger partial charge on any atom is 0.128 e. The van der Waals surface area contributed by atoms with Crippen LogP contribution in [-0.2, 0) is 10.9 Å². The topological polar surface area (TPSA) is 114 Å². The molecule has 0 aliphatic carbocycles. The summed E-state index contributed by atoms with van der Waals surface area (Å²) in [6.45, 7) is 5.50. The van der Waals surface area contributed by atoms with Crippen molar-refractivity contribution in [3.8, 4) is 28.3 Å². The van der Waals surface area contributed by atoms with Crippen LogP contribution in [0.2, 0.25) is 0 Å². The standard InChI is InChI=1S/C23H25N9.Cl2O/c1-29-15-20(14-27-29)18-10-21(23-19(11-25)13-28-32(23)16-18)17-2-3-22(26-12-17)31-8-6-30(5-4-24)7-9-31;1-3-2/h2-3,10,12-16H,4-9,24H2,1H3;. The third-order valence-corrected chi connectivity index (χ3v) is 5.97. The minimum Gasteiger partial charge on any atom is -0.354 e. The molecule has 2 N–H and O–H groups in total. The molecule has 1 fully saturated rings. The van der Waals surface area contributed by atoms with Crippen LogP contribution in [0.25, 0.3) is 27.8 Å². The third-order valence-electron chi connectivity index (χ3n) is 5.97. The third kappa shape index (κ3) is 5.56. The van der Waals surface area contributed by atoms with Gasteiger partial charge in [-0.25, -0.2) is 9.50 Å². The van der Waals surface area contributed by atoms with E-state index in [1.165, 1.54) is 0 Å². The Bertz CT molecular complexity index is 1310. The number of fused-ring (bicyclic) bond motifs is 1. The number of nitrogens with zero attached hydrogens (tertiary/aromatic N) is 8. The first-order valence-electron chi connectivity index (χ1n) is 11.0. The minimum absolute atomic E-state index is 0.540. The Morgan fingerprint density at radius 1 is 1.03 bits per heavy atom. The van der Waals surface area contributed by atoms with Crippen LogP contribution in [0.3, 0.4) is 0 Å². The first-order valence-corrected chi connectivity index (χ1v) is 11.6. The van der Waals surface area contributed by atoms with E-state index in [0.717, 1.165) is 66.3 Å². The smallest absolute Gasteiger partial charge is 0.128 e. The number of hydrogen-bond donors (Lipinski definition) is 1. The van der Waals surface area contributed by atoms with E-state index in [4.69, 9.17) is 10.7 Å². The van der Waals surface area contributed by atoms with Crippen molar-refractivity contribution in [3.63, 3.8) is 0 Å². The Balaban J connectivity index is 0.000000917. The van der Waals surface area contributed by atoms with Crippen LogP contribution in [0.4, 0.5) is 5.82 Å². The van der Waals surface area contributed by atoms with Gasteiger partial charge >= 0.3 is 0 Å². The maximum absolute atomic E-state index is 9.61.